The number of nitrogens with two attached hydrogens (primary N) is 1. The minimum absolute atomic E-state index is 0.0469. The van der Waals surface area contributed by atoms with Crippen molar-refractivity contribution in [3.8, 4) is 12.3 Å². The number of esters is 1. The number of rotatable bonds is 5. The maximum Gasteiger partial charge on any atom is 0.406 e. The molecule has 172 valence electrons. The average Bonchev–Trinajstić information content (AvgIpc) is 3.28. The van der Waals surface area contributed by atoms with Gasteiger partial charge in [0.1, 0.15) is 30.5 Å². The van der Waals surface area contributed by atoms with E-state index < -0.39 is 37.7 Å². The molecule has 0 aromatic carbocycles. The Morgan fingerprint density at radius 2 is 2.25 bits per heavy atom. The van der Waals surface area contributed by atoms with Crippen LogP contribution in [0, 0.1) is 12.3 Å². The molecular weight excluding hydrogens is 463 g/mol. The molecule has 2 aliphatic rings. The summed E-state index contributed by atoms with van der Waals surface area (Å²) in [6.07, 6.45) is 5.62. The van der Waals surface area contributed by atoms with E-state index in [1.807, 2.05) is 0 Å². The van der Waals surface area contributed by atoms with Crippen molar-refractivity contribution in [2.24, 2.45) is 0 Å². The molecule has 32 heavy (non-hydrogen) atoms. The monoisotopic (exact) mass is 484 g/mol. The molecule has 2 fully saturated rings. The van der Waals surface area contributed by atoms with Crippen molar-refractivity contribution in [1.29, 1.82) is 0 Å². The molecule has 3 N–H and O–H groups in total. The highest BCUT2D eigenvalue weighted by molar-refractivity contribution is 7.51. The second-order valence-electron chi connectivity index (χ2n) is 7.75. The number of nitrogens with zero attached hydrogens (tertiary/aromatic N) is 4. The van der Waals surface area contributed by atoms with Gasteiger partial charge in [-0.25, -0.2) is 14.6 Å². The third-order valence-electron chi connectivity index (χ3n) is 5.03. The van der Waals surface area contributed by atoms with Gasteiger partial charge < -0.3 is 15.2 Å². The topological polar surface area (TPSA) is 153 Å². The van der Waals surface area contributed by atoms with Gasteiger partial charge in [-0.2, -0.15) is 9.97 Å². The summed E-state index contributed by atoms with van der Waals surface area (Å²) in [5, 5.41) is 2.54. The van der Waals surface area contributed by atoms with E-state index in [9.17, 15) is 9.36 Å². The zero-order valence-electron chi connectivity index (χ0n) is 17.5. The molecule has 0 radical (unpaired) electrons. The van der Waals surface area contributed by atoms with Crippen LogP contribution in [0.25, 0.3) is 11.2 Å². The average molecular weight is 485 g/mol. The van der Waals surface area contributed by atoms with Crippen molar-refractivity contribution in [3.05, 3.63) is 11.6 Å². The van der Waals surface area contributed by atoms with Crippen molar-refractivity contribution in [2.45, 2.75) is 57.3 Å². The lowest BCUT2D eigenvalue weighted by atomic mass is 9.99. The summed E-state index contributed by atoms with van der Waals surface area (Å²) in [6, 6.07) is -0.931. The number of fused-ring (bicyclic) bond motifs is 2. The van der Waals surface area contributed by atoms with Gasteiger partial charge >= 0.3 is 13.7 Å². The standard InChI is InChI=1S/C18H22ClN6O6P/c1-5-18-7-28-32(27,24-10(4)16(26)29-9(2)3)31-11(18)6-12(30-18)25-8-21-13-14(20)22-17(19)23-15(13)25/h1,8-12H,6-7H2,2-4H3,(H,24,27)(H2,20,22,23)/t10-,11-,12-,18-,32?/m1/s1. The molecule has 4 heterocycles. The number of nitrogens with one attached hydrogen (secondary N) is 1. The first-order chi connectivity index (χ1) is 15.1. The zero-order chi connectivity index (χ0) is 23.3. The first kappa shape index (κ1) is 22.9. The third-order valence-corrected chi connectivity index (χ3v) is 6.90. The number of imidazole rings is 1. The van der Waals surface area contributed by atoms with Gasteiger partial charge in [0, 0.05) is 6.42 Å². The molecule has 4 rings (SSSR count). The van der Waals surface area contributed by atoms with Gasteiger partial charge in [0.25, 0.3) is 0 Å². The lowest BCUT2D eigenvalue weighted by molar-refractivity contribution is -0.149. The Morgan fingerprint density at radius 3 is 2.94 bits per heavy atom. The first-order valence-electron chi connectivity index (χ1n) is 9.78. The molecule has 0 spiro atoms. The Kier molecular flexibility index (Phi) is 5.92. The second kappa shape index (κ2) is 8.26. The molecule has 5 atom stereocenters. The molecule has 0 saturated carbocycles. The van der Waals surface area contributed by atoms with Crippen LogP contribution >= 0.6 is 19.3 Å². The molecule has 2 aliphatic heterocycles. The molecule has 0 aliphatic carbocycles. The van der Waals surface area contributed by atoms with E-state index in [0.717, 1.165) is 0 Å². The Bertz CT molecular complexity index is 1150. The van der Waals surface area contributed by atoms with Crippen LogP contribution in [0.2, 0.25) is 5.28 Å². The number of ether oxygens (including phenoxy) is 2. The molecule has 0 bridgehead atoms. The molecule has 14 heteroatoms. The predicted octanol–water partition coefficient (Wildman–Crippen LogP) is 1.81. The highest BCUT2D eigenvalue weighted by Gasteiger charge is 2.57. The van der Waals surface area contributed by atoms with Crippen LogP contribution in [-0.2, 0) is 27.9 Å². The number of carbonyl (C=O) groups is 1. The summed E-state index contributed by atoms with van der Waals surface area (Å²) < 4.78 is 37.2. The summed E-state index contributed by atoms with van der Waals surface area (Å²) in [6.45, 7) is 4.71. The number of aromatic nitrogens is 4. The fourth-order valence-corrected chi connectivity index (χ4v) is 5.43. The maximum absolute atomic E-state index is 13.2. The highest BCUT2D eigenvalue weighted by atomic mass is 35.5. The normalized spacial score (nSPS) is 30.8. The summed E-state index contributed by atoms with van der Waals surface area (Å²) >= 11 is 5.93. The van der Waals surface area contributed by atoms with Gasteiger partial charge in [-0.1, -0.05) is 5.92 Å². The molecule has 2 aromatic rings. The van der Waals surface area contributed by atoms with E-state index in [2.05, 4.69) is 26.0 Å². The zero-order valence-corrected chi connectivity index (χ0v) is 19.2. The Labute approximate surface area is 188 Å². The van der Waals surface area contributed by atoms with E-state index in [1.165, 1.54) is 13.3 Å². The summed E-state index contributed by atoms with van der Waals surface area (Å²) in [5.41, 5.74) is 5.26. The molecular formula is C18H22ClN6O6P. The van der Waals surface area contributed by atoms with Gasteiger partial charge in [-0.3, -0.25) is 18.4 Å². The fourth-order valence-electron chi connectivity index (χ4n) is 3.53. The van der Waals surface area contributed by atoms with Crippen molar-refractivity contribution >= 4 is 42.3 Å². The van der Waals surface area contributed by atoms with E-state index in [1.54, 1.807) is 18.4 Å². The summed E-state index contributed by atoms with van der Waals surface area (Å²) in [4.78, 5) is 24.3. The van der Waals surface area contributed by atoms with Gasteiger partial charge in [0.2, 0.25) is 5.28 Å². The van der Waals surface area contributed by atoms with Crippen LogP contribution in [0.5, 0.6) is 0 Å². The maximum atomic E-state index is 13.2. The Balaban J connectivity index is 1.56. The van der Waals surface area contributed by atoms with E-state index in [4.69, 9.17) is 42.3 Å². The molecule has 2 saturated heterocycles. The van der Waals surface area contributed by atoms with Crippen molar-refractivity contribution in [3.63, 3.8) is 0 Å². The quantitative estimate of drug-likeness (QED) is 0.276. The lowest BCUT2D eigenvalue weighted by Gasteiger charge is -2.37. The van der Waals surface area contributed by atoms with Gasteiger partial charge in [-0.15, -0.1) is 6.42 Å². The number of carbonyl (C=O) groups excluding carboxylic acids is 1. The number of terminal acetylenes is 1. The molecule has 2 aromatic heterocycles. The summed E-state index contributed by atoms with van der Waals surface area (Å²) in [5.74, 6) is 2.09. The number of hydrogen-bond donors (Lipinski definition) is 2. The number of nitrogen functional groups attached to an aromatic ring is 1. The molecule has 0 amide bonds. The molecule has 12 nitrogen and oxygen atoms in total. The van der Waals surface area contributed by atoms with Crippen molar-refractivity contribution in [1.82, 2.24) is 24.6 Å². The smallest absolute Gasteiger partial charge is 0.406 e. The van der Waals surface area contributed by atoms with Gasteiger partial charge in [0.05, 0.1) is 12.4 Å². The van der Waals surface area contributed by atoms with Crippen LogP contribution in [0.15, 0.2) is 6.33 Å². The van der Waals surface area contributed by atoms with Gasteiger partial charge in [-0.05, 0) is 32.4 Å². The van der Waals surface area contributed by atoms with Gasteiger partial charge in [0.15, 0.2) is 17.1 Å². The van der Waals surface area contributed by atoms with Crippen LogP contribution in [-0.4, -0.2) is 55.9 Å². The summed E-state index contributed by atoms with van der Waals surface area (Å²) in [7, 11) is -3.88. The van der Waals surface area contributed by atoms with Crippen molar-refractivity contribution < 1.29 is 27.9 Å². The lowest BCUT2D eigenvalue weighted by Crippen LogP contribution is -2.49. The third kappa shape index (κ3) is 4.08. The molecule has 1 unspecified atom stereocenters. The van der Waals surface area contributed by atoms with E-state index in [-0.39, 0.29) is 30.2 Å². The Hall–Kier alpha value is -2.26. The fraction of sp³-hybridized carbons (Fsp3) is 0.556. The minimum Gasteiger partial charge on any atom is -0.462 e. The first-order valence-corrected chi connectivity index (χ1v) is 11.7. The predicted molar refractivity (Wildman–Crippen MR) is 113 cm³/mol. The van der Waals surface area contributed by atoms with E-state index in [0.29, 0.717) is 11.2 Å². The van der Waals surface area contributed by atoms with Crippen LogP contribution in [0.4, 0.5) is 5.82 Å². The van der Waals surface area contributed by atoms with Crippen LogP contribution in [0.1, 0.15) is 33.4 Å². The van der Waals surface area contributed by atoms with Crippen LogP contribution in [0.3, 0.4) is 0 Å². The highest BCUT2D eigenvalue weighted by Crippen LogP contribution is 2.56. The van der Waals surface area contributed by atoms with E-state index >= 15 is 0 Å². The second-order valence-corrected chi connectivity index (χ2v) is 9.81. The number of halogens is 1. The van der Waals surface area contributed by atoms with Crippen molar-refractivity contribution in [2.75, 3.05) is 12.3 Å². The van der Waals surface area contributed by atoms with Crippen LogP contribution < -0.4 is 10.8 Å². The number of hydrogen-bond acceptors (Lipinski definition) is 10. The number of anilines is 1. The minimum atomic E-state index is -3.88. The largest absolute Gasteiger partial charge is 0.462 e. The Morgan fingerprint density at radius 1 is 1.50 bits per heavy atom. The SMILES string of the molecule is C#C[C@@]12COP(=O)(N[C@H](C)C(=O)OC(C)C)O[C@@H]1C[C@H](n1cnc3c(N)nc(Cl)nc31)O2.